The summed E-state index contributed by atoms with van der Waals surface area (Å²) in [5, 5.41) is 12.2. The number of rotatable bonds is 4. The van der Waals surface area contributed by atoms with E-state index >= 15 is 0 Å². The Balaban J connectivity index is 1.94. The third kappa shape index (κ3) is 2.74. The van der Waals surface area contributed by atoms with Crippen LogP contribution in [0, 0.1) is 0 Å². The summed E-state index contributed by atoms with van der Waals surface area (Å²) in [7, 11) is 0. The molecule has 1 aliphatic heterocycles. The lowest BCUT2D eigenvalue weighted by Gasteiger charge is -2.13. The fraction of sp³-hybridized carbons (Fsp3) is 0.538. The van der Waals surface area contributed by atoms with Gasteiger partial charge in [-0.3, -0.25) is 0 Å². The van der Waals surface area contributed by atoms with Crippen molar-refractivity contribution in [3.8, 4) is 5.75 Å². The summed E-state index contributed by atoms with van der Waals surface area (Å²) in [6, 6.07) is 8.41. The zero-order valence-corrected chi connectivity index (χ0v) is 9.65. The van der Waals surface area contributed by atoms with Gasteiger partial charge in [0, 0.05) is 19.0 Å². The number of hydrogen-bond acceptors (Lipinski definition) is 3. The zero-order valence-electron chi connectivity index (χ0n) is 9.65. The second-order valence-electron chi connectivity index (χ2n) is 4.26. The molecule has 2 atom stereocenters. The second kappa shape index (κ2) is 5.32. The van der Waals surface area contributed by atoms with E-state index in [-0.39, 0.29) is 18.8 Å². The molecule has 0 amide bonds. The molecule has 0 saturated carbocycles. The van der Waals surface area contributed by atoms with Crippen molar-refractivity contribution < 1.29 is 9.84 Å². The highest BCUT2D eigenvalue weighted by Gasteiger charge is 2.24. The molecule has 1 aliphatic rings. The highest BCUT2D eigenvalue weighted by atomic mass is 16.5. The van der Waals surface area contributed by atoms with Crippen LogP contribution in [0.5, 0.6) is 5.75 Å². The van der Waals surface area contributed by atoms with Crippen molar-refractivity contribution in [1.82, 2.24) is 5.32 Å². The number of aryl methyl sites for hydroxylation is 1. The van der Waals surface area contributed by atoms with Gasteiger partial charge in [-0.05, 0) is 24.1 Å². The summed E-state index contributed by atoms with van der Waals surface area (Å²) >= 11 is 0. The summed E-state index contributed by atoms with van der Waals surface area (Å²) < 4.78 is 5.88. The van der Waals surface area contributed by atoms with E-state index in [1.54, 1.807) is 0 Å². The van der Waals surface area contributed by atoms with Crippen LogP contribution in [0.4, 0.5) is 0 Å². The highest BCUT2D eigenvalue weighted by molar-refractivity contribution is 5.28. The van der Waals surface area contributed by atoms with Crippen LogP contribution in [0.1, 0.15) is 18.9 Å². The Morgan fingerprint density at radius 3 is 3.06 bits per heavy atom. The molecule has 2 rings (SSSR count). The third-order valence-corrected chi connectivity index (χ3v) is 3.01. The molecule has 1 heterocycles. The van der Waals surface area contributed by atoms with Crippen molar-refractivity contribution in [2.45, 2.75) is 31.9 Å². The Hall–Kier alpha value is -1.06. The molecule has 1 fully saturated rings. The van der Waals surface area contributed by atoms with Gasteiger partial charge < -0.3 is 15.2 Å². The first-order valence-electron chi connectivity index (χ1n) is 5.91. The van der Waals surface area contributed by atoms with Gasteiger partial charge in [0.25, 0.3) is 0 Å². The van der Waals surface area contributed by atoms with Crippen molar-refractivity contribution in [3.05, 3.63) is 29.8 Å². The monoisotopic (exact) mass is 221 g/mol. The summed E-state index contributed by atoms with van der Waals surface area (Å²) in [6.45, 7) is 3.15. The summed E-state index contributed by atoms with van der Waals surface area (Å²) in [4.78, 5) is 0. The maximum absolute atomic E-state index is 9.01. The second-order valence-corrected chi connectivity index (χ2v) is 4.26. The van der Waals surface area contributed by atoms with Crippen LogP contribution in [0.15, 0.2) is 24.3 Å². The van der Waals surface area contributed by atoms with Gasteiger partial charge in [-0.2, -0.15) is 0 Å². The molecule has 1 aromatic rings. The number of aliphatic hydroxyl groups excluding tert-OH is 1. The molecule has 0 bridgehead atoms. The fourth-order valence-electron chi connectivity index (χ4n) is 2.04. The molecule has 1 aromatic carbocycles. The zero-order chi connectivity index (χ0) is 11.4. The van der Waals surface area contributed by atoms with Crippen LogP contribution < -0.4 is 10.1 Å². The molecule has 16 heavy (non-hydrogen) atoms. The number of benzene rings is 1. The Morgan fingerprint density at radius 1 is 1.50 bits per heavy atom. The summed E-state index contributed by atoms with van der Waals surface area (Å²) in [5.74, 6) is 0.935. The standard InChI is InChI=1S/C13H19NO2/c1-2-10-4-3-5-12(6-10)16-13-7-11(9-15)14-8-13/h3-6,11,13-15H,2,7-9H2,1H3. The van der Waals surface area contributed by atoms with Crippen molar-refractivity contribution in [2.24, 2.45) is 0 Å². The van der Waals surface area contributed by atoms with Crippen LogP contribution in [-0.2, 0) is 6.42 Å². The van der Waals surface area contributed by atoms with E-state index in [1.165, 1.54) is 5.56 Å². The maximum atomic E-state index is 9.01. The minimum absolute atomic E-state index is 0.184. The van der Waals surface area contributed by atoms with Gasteiger partial charge >= 0.3 is 0 Å². The highest BCUT2D eigenvalue weighted by Crippen LogP contribution is 2.18. The van der Waals surface area contributed by atoms with Gasteiger partial charge in [-0.25, -0.2) is 0 Å². The first-order chi connectivity index (χ1) is 7.81. The van der Waals surface area contributed by atoms with Gasteiger partial charge in [0.1, 0.15) is 11.9 Å². The normalized spacial score (nSPS) is 24.6. The molecule has 2 unspecified atom stereocenters. The molecule has 1 saturated heterocycles. The van der Waals surface area contributed by atoms with E-state index in [2.05, 4.69) is 24.4 Å². The molecule has 0 aliphatic carbocycles. The number of aliphatic hydroxyl groups is 1. The van der Waals surface area contributed by atoms with E-state index < -0.39 is 0 Å². The van der Waals surface area contributed by atoms with Crippen molar-refractivity contribution in [2.75, 3.05) is 13.2 Å². The van der Waals surface area contributed by atoms with Gasteiger partial charge in [0.15, 0.2) is 0 Å². The fourth-order valence-corrected chi connectivity index (χ4v) is 2.04. The van der Waals surface area contributed by atoms with Crippen molar-refractivity contribution in [1.29, 1.82) is 0 Å². The molecule has 0 spiro atoms. The largest absolute Gasteiger partial charge is 0.489 e. The lowest BCUT2D eigenvalue weighted by molar-refractivity contribution is 0.206. The maximum Gasteiger partial charge on any atom is 0.120 e. The van der Waals surface area contributed by atoms with Crippen LogP contribution in [0.25, 0.3) is 0 Å². The quantitative estimate of drug-likeness (QED) is 0.806. The molecular weight excluding hydrogens is 202 g/mol. The van der Waals surface area contributed by atoms with Gasteiger partial charge in [-0.15, -0.1) is 0 Å². The van der Waals surface area contributed by atoms with Crippen molar-refractivity contribution in [3.63, 3.8) is 0 Å². The van der Waals surface area contributed by atoms with Gasteiger partial charge in [0.05, 0.1) is 6.61 Å². The number of hydrogen-bond donors (Lipinski definition) is 2. The first kappa shape index (κ1) is 11.4. The minimum atomic E-state index is 0.184. The molecule has 3 heteroatoms. The lowest BCUT2D eigenvalue weighted by Crippen LogP contribution is -2.25. The van der Waals surface area contributed by atoms with Gasteiger partial charge in [-0.1, -0.05) is 19.1 Å². The minimum Gasteiger partial charge on any atom is -0.489 e. The number of nitrogens with one attached hydrogen (secondary N) is 1. The Morgan fingerprint density at radius 2 is 2.38 bits per heavy atom. The van der Waals surface area contributed by atoms with Crippen LogP contribution in [0.3, 0.4) is 0 Å². The summed E-state index contributed by atoms with van der Waals surface area (Å²) in [5.41, 5.74) is 1.29. The average Bonchev–Trinajstić information content (AvgIpc) is 2.77. The SMILES string of the molecule is CCc1cccc(OC2CNC(CO)C2)c1. The predicted octanol–water partition coefficient (Wildman–Crippen LogP) is 1.35. The lowest BCUT2D eigenvalue weighted by atomic mass is 10.1. The Kier molecular flexibility index (Phi) is 3.80. The molecule has 2 N–H and O–H groups in total. The van der Waals surface area contributed by atoms with E-state index in [0.717, 1.165) is 25.1 Å². The molecule has 88 valence electrons. The Labute approximate surface area is 96.4 Å². The van der Waals surface area contributed by atoms with Crippen LogP contribution in [0.2, 0.25) is 0 Å². The molecular formula is C13H19NO2. The van der Waals surface area contributed by atoms with E-state index in [4.69, 9.17) is 9.84 Å². The molecule has 0 aromatic heterocycles. The predicted molar refractivity (Wildman–Crippen MR) is 63.7 cm³/mol. The van der Waals surface area contributed by atoms with Crippen LogP contribution in [-0.4, -0.2) is 30.4 Å². The van der Waals surface area contributed by atoms with Gasteiger partial charge in [0.2, 0.25) is 0 Å². The smallest absolute Gasteiger partial charge is 0.120 e. The topological polar surface area (TPSA) is 41.5 Å². The van der Waals surface area contributed by atoms with E-state index in [9.17, 15) is 0 Å². The average molecular weight is 221 g/mol. The van der Waals surface area contributed by atoms with Crippen LogP contribution >= 0.6 is 0 Å². The first-order valence-corrected chi connectivity index (χ1v) is 5.91. The summed E-state index contributed by atoms with van der Waals surface area (Å²) in [6.07, 6.45) is 2.09. The van der Waals surface area contributed by atoms with E-state index in [0.29, 0.717) is 0 Å². The molecule has 0 radical (unpaired) electrons. The molecule has 3 nitrogen and oxygen atoms in total. The third-order valence-electron chi connectivity index (χ3n) is 3.01. The number of ether oxygens (including phenoxy) is 1. The van der Waals surface area contributed by atoms with Crippen molar-refractivity contribution >= 4 is 0 Å². The van der Waals surface area contributed by atoms with E-state index in [1.807, 2.05) is 12.1 Å². The Bertz CT molecular complexity index is 340.